The average Bonchev–Trinajstić information content (AvgIpc) is 3.48. The number of anilines is 1. The van der Waals surface area contributed by atoms with E-state index in [1.54, 1.807) is 11.8 Å². The first-order valence-corrected chi connectivity index (χ1v) is 15.6. The molecule has 0 fully saturated rings. The second-order valence-electron chi connectivity index (χ2n) is 11.0. The van der Waals surface area contributed by atoms with Crippen LogP contribution in [0, 0.1) is 0 Å². The predicted molar refractivity (Wildman–Crippen MR) is 162 cm³/mol. The molecule has 1 aliphatic carbocycles. The summed E-state index contributed by atoms with van der Waals surface area (Å²) in [5, 5.41) is 4.18. The third kappa shape index (κ3) is 8.75. The van der Waals surface area contributed by atoms with Crippen LogP contribution in [0.4, 0.5) is 5.69 Å². The van der Waals surface area contributed by atoms with Crippen LogP contribution in [0.5, 0.6) is 0 Å². The molecule has 1 aliphatic rings. The van der Waals surface area contributed by atoms with Crippen molar-refractivity contribution in [2.24, 2.45) is 0 Å². The molecule has 1 aromatic heterocycles. The number of carbonyl (C=O) groups excluding carboxylic acids is 2. The van der Waals surface area contributed by atoms with E-state index in [1.165, 1.54) is 56.9 Å². The number of amides is 1. The third-order valence-electron chi connectivity index (χ3n) is 7.87. The van der Waals surface area contributed by atoms with E-state index >= 15 is 0 Å². The summed E-state index contributed by atoms with van der Waals surface area (Å²) < 4.78 is 10.6. The second kappa shape index (κ2) is 16.1. The Morgan fingerprint density at radius 1 is 0.878 bits per heavy atom. The van der Waals surface area contributed by atoms with Crippen LogP contribution in [-0.2, 0) is 40.1 Å². The normalized spacial score (nSPS) is 12.6. The Morgan fingerprint density at radius 3 is 2.32 bits per heavy atom. The summed E-state index contributed by atoms with van der Waals surface area (Å²) in [4.78, 5) is 31.9. The van der Waals surface area contributed by atoms with Gasteiger partial charge >= 0.3 is 11.9 Å². The largest absolute Gasteiger partial charge is 0.459 e. The number of benzene rings is 2. The highest BCUT2D eigenvalue weighted by molar-refractivity contribution is 6.38. The summed E-state index contributed by atoms with van der Waals surface area (Å²) in [6, 6.07) is 13.8. The molecule has 0 N–H and O–H groups in total. The number of aryl methyl sites for hydroxylation is 2. The lowest BCUT2D eigenvalue weighted by Gasteiger charge is -2.28. The van der Waals surface area contributed by atoms with Gasteiger partial charge in [0, 0.05) is 17.7 Å². The molecule has 0 atom stereocenters. The number of esters is 1. The van der Waals surface area contributed by atoms with Crippen molar-refractivity contribution in [2.75, 3.05) is 11.5 Å². The summed E-state index contributed by atoms with van der Waals surface area (Å²) >= 11 is 0. The predicted octanol–water partition coefficient (Wildman–Crippen LogP) is 7.79. The molecule has 2 aromatic carbocycles. The molecule has 220 valence electrons. The SMILES string of the molecule is CCCCCCCCCCCc1noc(-c2ccc(CN(C(=O)C(=O)OCC)c3cccc4c3CCCC4)cc2)n1. The molecular formula is C34H45N3O4. The zero-order chi connectivity index (χ0) is 28.9. The molecule has 0 aliphatic heterocycles. The molecule has 3 aromatic rings. The minimum Gasteiger partial charge on any atom is -0.459 e. The summed E-state index contributed by atoms with van der Waals surface area (Å²) in [6.07, 6.45) is 16.5. The molecule has 1 heterocycles. The number of unbranched alkanes of at least 4 members (excludes halogenated alkanes) is 8. The number of ether oxygens (including phenoxy) is 1. The molecule has 0 unspecified atom stereocenters. The van der Waals surface area contributed by atoms with Crippen LogP contribution in [-0.4, -0.2) is 28.6 Å². The van der Waals surface area contributed by atoms with Crippen molar-refractivity contribution in [1.29, 1.82) is 0 Å². The summed E-state index contributed by atoms with van der Waals surface area (Å²) in [7, 11) is 0. The standard InChI is InChI=1S/C34H45N3O4/c1-3-5-6-7-8-9-10-11-12-20-31-35-32(41-36-31)28-23-21-26(22-24-28)25-37(33(38)34(39)40-4-2)30-19-15-17-27-16-13-14-18-29(27)30/h15,17,19,21-24H,3-14,16,18,20,25H2,1-2H3. The van der Waals surface area contributed by atoms with Crippen molar-refractivity contribution in [3.63, 3.8) is 0 Å². The third-order valence-corrected chi connectivity index (χ3v) is 7.87. The second-order valence-corrected chi connectivity index (χ2v) is 11.0. The smallest absolute Gasteiger partial charge is 0.397 e. The first kappa shape index (κ1) is 30.5. The van der Waals surface area contributed by atoms with Gasteiger partial charge in [0.25, 0.3) is 5.89 Å². The molecular weight excluding hydrogens is 514 g/mol. The highest BCUT2D eigenvalue weighted by Gasteiger charge is 2.28. The van der Waals surface area contributed by atoms with Crippen molar-refractivity contribution < 1.29 is 18.8 Å². The van der Waals surface area contributed by atoms with E-state index < -0.39 is 11.9 Å². The maximum atomic E-state index is 13.2. The minimum absolute atomic E-state index is 0.158. The molecule has 0 saturated heterocycles. The summed E-state index contributed by atoms with van der Waals surface area (Å²) in [5.41, 5.74) is 4.93. The molecule has 0 radical (unpaired) electrons. The van der Waals surface area contributed by atoms with Gasteiger partial charge in [0.2, 0.25) is 0 Å². The fourth-order valence-corrected chi connectivity index (χ4v) is 5.59. The van der Waals surface area contributed by atoms with Crippen LogP contribution in [0.25, 0.3) is 11.5 Å². The van der Waals surface area contributed by atoms with E-state index in [9.17, 15) is 9.59 Å². The quantitative estimate of drug-likeness (QED) is 0.107. The van der Waals surface area contributed by atoms with Crippen molar-refractivity contribution in [1.82, 2.24) is 10.1 Å². The van der Waals surface area contributed by atoms with E-state index in [0.29, 0.717) is 5.89 Å². The van der Waals surface area contributed by atoms with Crippen LogP contribution >= 0.6 is 0 Å². The highest BCUT2D eigenvalue weighted by atomic mass is 16.5. The molecule has 4 rings (SSSR count). The first-order valence-electron chi connectivity index (χ1n) is 15.6. The lowest BCUT2D eigenvalue weighted by Crippen LogP contribution is -2.38. The van der Waals surface area contributed by atoms with Gasteiger partial charge < -0.3 is 9.26 Å². The van der Waals surface area contributed by atoms with Gasteiger partial charge in [0.15, 0.2) is 5.82 Å². The fraction of sp³-hybridized carbons (Fsp3) is 0.529. The first-order chi connectivity index (χ1) is 20.1. The number of aromatic nitrogens is 2. The summed E-state index contributed by atoms with van der Waals surface area (Å²) in [6.45, 7) is 4.38. The molecule has 7 heteroatoms. The topological polar surface area (TPSA) is 85.5 Å². The van der Waals surface area contributed by atoms with Crippen LogP contribution in [0.15, 0.2) is 47.0 Å². The summed E-state index contributed by atoms with van der Waals surface area (Å²) in [5.74, 6) is -0.234. The van der Waals surface area contributed by atoms with Crippen molar-refractivity contribution in [2.45, 2.75) is 110 Å². The Balaban J connectivity index is 1.36. The molecule has 0 bridgehead atoms. The number of carbonyl (C=O) groups is 2. The average molecular weight is 560 g/mol. The number of rotatable bonds is 15. The van der Waals surface area contributed by atoms with Crippen molar-refractivity contribution in [3.8, 4) is 11.5 Å². The van der Waals surface area contributed by atoms with E-state index in [1.807, 2.05) is 36.4 Å². The van der Waals surface area contributed by atoms with Gasteiger partial charge in [-0.05, 0) is 73.9 Å². The highest BCUT2D eigenvalue weighted by Crippen LogP contribution is 2.32. The van der Waals surface area contributed by atoms with Crippen LogP contribution in [0.3, 0.4) is 0 Å². The van der Waals surface area contributed by atoms with Gasteiger partial charge in [-0.3, -0.25) is 9.69 Å². The maximum Gasteiger partial charge on any atom is 0.397 e. The van der Waals surface area contributed by atoms with Crippen LogP contribution < -0.4 is 4.90 Å². The molecule has 41 heavy (non-hydrogen) atoms. The van der Waals surface area contributed by atoms with E-state index in [0.717, 1.165) is 66.7 Å². The zero-order valence-corrected chi connectivity index (χ0v) is 24.8. The fourth-order valence-electron chi connectivity index (χ4n) is 5.59. The number of hydrogen-bond acceptors (Lipinski definition) is 6. The van der Waals surface area contributed by atoms with E-state index in [-0.39, 0.29) is 13.2 Å². The Hall–Kier alpha value is -3.48. The van der Waals surface area contributed by atoms with Gasteiger partial charge in [-0.1, -0.05) is 87.7 Å². The molecule has 0 spiro atoms. The number of nitrogens with zero attached hydrogens (tertiary/aromatic N) is 3. The Kier molecular flexibility index (Phi) is 12.0. The minimum atomic E-state index is -0.831. The molecule has 1 amide bonds. The maximum absolute atomic E-state index is 13.2. The van der Waals surface area contributed by atoms with Gasteiger partial charge in [0.1, 0.15) is 0 Å². The Morgan fingerprint density at radius 2 is 1.59 bits per heavy atom. The van der Waals surface area contributed by atoms with Crippen LogP contribution in [0.2, 0.25) is 0 Å². The van der Waals surface area contributed by atoms with E-state index in [4.69, 9.17) is 9.26 Å². The van der Waals surface area contributed by atoms with Crippen molar-refractivity contribution in [3.05, 3.63) is 65.0 Å². The lowest BCUT2D eigenvalue weighted by atomic mass is 9.90. The zero-order valence-electron chi connectivity index (χ0n) is 24.8. The number of hydrogen-bond donors (Lipinski definition) is 0. The molecule has 7 nitrogen and oxygen atoms in total. The van der Waals surface area contributed by atoms with E-state index in [2.05, 4.69) is 23.1 Å². The Bertz CT molecular complexity index is 1250. The number of fused-ring (bicyclic) bond motifs is 1. The van der Waals surface area contributed by atoms with Gasteiger partial charge in [-0.2, -0.15) is 4.98 Å². The van der Waals surface area contributed by atoms with Crippen LogP contribution in [0.1, 0.15) is 107 Å². The van der Waals surface area contributed by atoms with Gasteiger partial charge in [0.05, 0.1) is 13.2 Å². The van der Waals surface area contributed by atoms with Gasteiger partial charge in [-0.15, -0.1) is 0 Å². The molecule has 0 saturated carbocycles. The van der Waals surface area contributed by atoms with Gasteiger partial charge in [-0.25, -0.2) is 4.79 Å². The van der Waals surface area contributed by atoms with Crippen molar-refractivity contribution >= 4 is 17.6 Å². The Labute approximate surface area is 244 Å². The lowest BCUT2D eigenvalue weighted by molar-refractivity contribution is -0.153. The monoisotopic (exact) mass is 559 g/mol.